The third kappa shape index (κ3) is 4.96. The zero-order valence-electron chi connectivity index (χ0n) is 23.7. The van der Waals surface area contributed by atoms with Crippen LogP contribution < -0.4 is 16.4 Å². The van der Waals surface area contributed by atoms with Crippen LogP contribution in [0.4, 0.5) is 24.8 Å². The molecule has 6 rings (SSSR count). The van der Waals surface area contributed by atoms with Gasteiger partial charge in [-0.3, -0.25) is 14.0 Å². The van der Waals surface area contributed by atoms with Crippen LogP contribution in [0.25, 0.3) is 16.8 Å². The second kappa shape index (κ2) is 10.9. The first-order valence-electron chi connectivity index (χ1n) is 13.8. The lowest BCUT2D eigenvalue weighted by Crippen LogP contribution is -2.50. The number of amides is 1. The normalized spacial score (nSPS) is 17.1. The number of fused-ring (bicyclic) bond motifs is 1. The molecule has 14 heteroatoms. The molecule has 0 spiro atoms. The van der Waals surface area contributed by atoms with Gasteiger partial charge in [-0.15, -0.1) is 0 Å². The van der Waals surface area contributed by atoms with Crippen molar-refractivity contribution in [3.63, 3.8) is 0 Å². The van der Waals surface area contributed by atoms with Crippen LogP contribution in [0.5, 0.6) is 0 Å². The zero-order chi connectivity index (χ0) is 31.2. The molecular weight excluding hydrogens is 577 g/mol. The van der Waals surface area contributed by atoms with E-state index >= 15 is 0 Å². The molecule has 0 saturated carbocycles. The molecule has 1 fully saturated rings. The predicted octanol–water partition coefficient (Wildman–Crippen LogP) is 4.75. The SMILES string of the molecule is Cc1noc(C)c1C(=O)[C@]1(c2nc(-c3ccc(C(=O)Nc4cc(C(F)(F)F)ccn4)cc3)c3c(N)nccn23)CCCNC1. The van der Waals surface area contributed by atoms with Gasteiger partial charge in [0.05, 0.1) is 16.8 Å². The van der Waals surface area contributed by atoms with Gasteiger partial charge in [0.25, 0.3) is 5.91 Å². The van der Waals surface area contributed by atoms with E-state index in [-0.39, 0.29) is 23.0 Å². The number of alkyl halides is 3. The minimum absolute atomic E-state index is 0.162. The number of piperidine rings is 1. The van der Waals surface area contributed by atoms with E-state index in [1.54, 1.807) is 36.6 Å². The monoisotopic (exact) mass is 604 g/mol. The van der Waals surface area contributed by atoms with Crippen molar-refractivity contribution in [2.24, 2.45) is 0 Å². The predicted molar refractivity (Wildman–Crippen MR) is 154 cm³/mol. The summed E-state index contributed by atoms with van der Waals surface area (Å²) in [5.74, 6) is 0.0663. The van der Waals surface area contributed by atoms with Gasteiger partial charge in [0.2, 0.25) is 0 Å². The molecule has 5 heterocycles. The van der Waals surface area contributed by atoms with Gasteiger partial charge in [-0.25, -0.2) is 15.0 Å². The molecule has 0 bridgehead atoms. The molecule has 1 aromatic carbocycles. The maximum atomic E-state index is 14.3. The first-order chi connectivity index (χ1) is 21.0. The smallest absolute Gasteiger partial charge is 0.382 e. The van der Waals surface area contributed by atoms with Gasteiger partial charge >= 0.3 is 6.18 Å². The Hall–Kier alpha value is -5.11. The van der Waals surface area contributed by atoms with Crippen LogP contribution in [0.2, 0.25) is 0 Å². The molecule has 5 aromatic rings. The lowest BCUT2D eigenvalue weighted by Gasteiger charge is -2.35. The first-order valence-corrected chi connectivity index (χ1v) is 13.8. The highest BCUT2D eigenvalue weighted by Crippen LogP contribution is 2.39. The van der Waals surface area contributed by atoms with Crippen LogP contribution in [-0.2, 0) is 11.6 Å². The summed E-state index contributed by atoms with van der Waals surface area (Å²) in [6.45, 7) is 4.51. The summed E-state index contributed by atoms with van der Waals surface area (Å²) in [7, 11) is 0. The van der Waals surface area contributed by atoms with E-state index in [0.29, 0.717) is 52.6 Å². The second-order valence-electron chi connectivity index (χ2n) is 10.7. The van der Waals surface area contributed by atoms with Crippen molar-refractivity contribution in [1.82, 2.24) is 29.8 Å². The van der Waals surface area contributed by atoms with Crippen LogP contribution in [-0.4, -0.2) is 49.3 Å². The zero-order valence-corrected chi connectivity index (χ0v) is 23.7. The van der Waals surface area contributed by atoms with Crippen LogP contribution in [0.1, 0.15) is 56.4 Å². The van der Waals surface area contributed by atoms with Gasteiger partial charge in [0.15, 0.2) is 5.78 Å². The highest BCUT2D eigenvalue weighted by Gasteiger charge is 2.47. The van der Waals surface area contributed by atoms with Crippen molar-refractivity contribution in [1.29, 1.82) is 0 Å². The molecule has 1 amide bonds. The average Bonchev–Trinajstić information content (AvgIpc) is 3.57. The number of nitrogen functional groups attached to an aromatic ring is 1. The van der Waals surface area contributed by atoms with E-state index in [4.69, 9.17) is 15.2 Å². The van der Waals surface area contributed by atoms with E-state index in [2.05, 4.69) is 25.8 Å². The number of Topliss-reactive ketones (excluding diaryl/α,β-unsaturated/α-hetero) is 1. The van der Waals surface area contributed by atoms with Gasteiger partial charge in [-0.2, -0.15) is 13.2 Å². The fourth-order valence-corrected chi connectivity index (χ4v) is 5.68. The van der Waals surface area contributed by atoms with Crippen LogP contribution >= 0.6 is 0 Å². The number of aryl methyl sites for hydroxylation is 2. The lowest BCUT2D eigenvalue weighted by molar-refractivity contribution is -0.137. The Kier molecular flexibility index (Phi) is 7.16. The van der Waals surface area contributed by atoms with Gasteiger partial charge in [-0.05, 0) is 57.5 Å². The average molecular weight is 605 g/mol. The summed E-state index contributed by atoms with van der Waals surface area (Å²) in [6.07, 6.45) is 0.898. The Morgan fingerprint density at radius 1 is 1.11 bits per heavy atom. The number of hydrogen-bond acceptors (Lipinski definition) is 9. The number of rotatable bonds is 6. The summed E-state index contributed by atoms with van der Waals surface area (Å²) in [5.41, 5.74) is 7.00. The number of nitrogens with one attached hydrogen (secondary N) is 2. The van der Waals surface area contributed by atoms with Crippen molar-refractivity contribution in [3.8, 4) is 11.3 Å². The first kappa shape index (κ1) is 29.0. The molecule has 4 N–H and O–H groups in total. The topological polar surface area (TPSA) is 153 Å². The minimum Gasteiger partial charge on any atom is -0.382 e. The Morgan fingerprint density at radius 2 is 1.89 bits per heavy atom. The Morgan fingerprint density at radius 3 is 2.55 bits per heavy atom. The van der Waals surface area contributed by atoms with Crippen molar-refractivity contribution >= 4 is 28.8 Å². The molecular formula is C30H27F3N8O3. The van der Waals surface area contributed by atoms with Crippen molar-refractivity contribution in [2.45, 2.75) is 38.3 Å². The van der Waals surface area contributed by atoms with Crippen molar-refractivity contribution in [2.75, 3.05) is 24.1 Å². The highest BCUT2D eigenvalue weighted by atomic mass is 19.4. The third-order valence-electron chi connectivity index (χ3n) is 7.84. The number of pyridine rings is 1. The number of nitrogens with two attached hydrogens (primary N) is 1. The molecule has 4 aromatic heterocycles. The molecule has 1 atom stereocenters. The number of carbonyl (C=O) groups excluding carboxylic acids is 2. The quantitative estimate of drug-likeness (QED) is 0.233. The number of ketones is 1. The van der Waals surface area contributed by atoms with Crippen LogP contribution in [0.15, 0.2) is 59.5 Å². The van der Waals surface area contributed by atoms with E-state index < -0.39 is 23.1 Å². The summed E-state index contributed by atoms with van der Waals surface area (Å²) >= 11 is 0. The molecule has 11 nitrogen and oxygen atoms in total. The molecule has 0 unspecified atom stereocenters. The maximum Gasteiger partial charge on any atom is 0.416 e. The summed E-state index contributed by atoms with van der Waals surface area (Å²) in [5, 5.41) is 9.74. The van der Waals surface area contributed by atoms with E-state index in [1.807, 2.05) is 0 Å². The number of benzene rings is 1. The largest absolute Gasteiger partial charge is 0.416 e. The second-order valence-corrected chi connectivity index (χ2v) is 10.7. The molecule has 0 aliphatic carbocycles. The van der Waals surface area contributed by atoms with E-state index in [1.165, 1.54) is 18.3 Å². The highest BCUT2D eigenvalue weighted by molar-refractivity contribution is 6.06. The van der Waals surface area contributed by atoms with Gasteiger partial charge in [0.1, 0.15) is 39.8 Å². The lowest BCUT2D eigenvalue weighted by atomic mass is 9.73. The number of imidazole rings is 1. The van der Waals surface area contributed by atoms with E-state index in [0.717, 1.165) is 31.3 Å². The van der Waals surface area contributed by atoms with Gasteiger partial charge < -0.3 is 20.9 Å². The van der Waals surface area contributed by atoms with Crippen LogP contribution in [0.3, 0.4) is 0 Å². The van der Waals surface area contributed by atoms with Gasteiger partial charge in [0, 0.05) is 36.3 Å². The summed E-state index contributed by atoms with van der Waals surface area (Å²) in [6, 6.07) is 7.92. The minimum atomic E-state index is -4.57. The Labute approximate surface area is 248 Å². The van der Waals surface area contributed by atoms with Crippen molar-refractivity contribution in [3.05, 3.63) is 89.0 Å². The van der Waals surface area contributed by atoms with E-state index in [9.17, 15) is 22.8 Å². The number of anilines is 2. The fourth-order valence-electron chi connectivity index (χ4n) is 5.68. The molecule has 1 aliphatic rings. The number of carbonyl (C=O) groups is 2. The van der Waals surface area contributed by atoms with Gasteiger partial charge in [-0.1, -0.05) is 17.3 Å². The summed E-state index contributed by atoms with van der Waals surface area (Å²) in [4.78, 5) is 40.2. The molecule has 226 valence electrons. The molecule has 1 aliphatic heterocycles. The molecule has 44 heavy (non-hydrogen) atoms. The Bertz CT molecular complexity index is 1870. The number of halogens is 3. The maximum absolute atomic E-state index is 14.3. The number of aromatic nitrogens is 5. The molecule has 1 saturated heterocycles. The van der Waals surface area contributed by atoms with Crippen LogP contribution in [0, 0.1) is 13.8 Å². The third-order valence-corrected chi connectivity index (χ3v) is 7.84. The number of nitrogens with zero attached hydrogens (tertiary/aromatic N) is 5. The number of hydrogen-bond donors (Lipinski definition) is 3. The molecule has 0 radical (unpaired) electrons. The standard InChI is InChI=1S/C30H27F3N8O3/c1-16-22(17(2)44-40-16)25(42)29(9-3-10-35-15-29)28-39-23(24-26(34)37-12-13-41(24)28)18-4-6-19(7-5-18)27(43)38-21-14-20(8-11-36-21)30(31,32)33/h4-8,11-14,35H,3,9-10,15H2,1-2H3,(H2,34,37)(H,36,38,43)/t29-/m0/s1. The summed E-state index contributed by atoms with van der Waals surface area (Å²) < 4.78 is 46.3. The fraction of sp³-hybridized carbons (Fsp3) is 0.267. The van der Waals surface area contributed by atoms with Crippen molar-refractivity contribution < 1.29 is 27.3 Å². The Balaban J connectivity index is 1.39.